The van der Waals surface area contributed by atoms with Gasteiger partial charge in [0.25, 0.3) is 0 Å². The molecule has 1 aliphatic heterocycles. The van der Waals surface area contributed by atoms with Gasteiger partial charge >= 0.3 is 0 Å². The maximum atomic E-state index is 13.7. The van der Waals surface area contributed by atoms with Crippen LogP contribution < -0.4 is 0 Å². The van der Waals surface area contributed by atoms with Crippen LogP contribution in [0.2, 0.25) is 0 Å². The fourth-order valence-electron chi connectivity index (χ4n) is 7.24. The van der Waals surface area contributed by atoms with Crippen LogP contribution in [0.15, 0.2) is 84.0 Å². The second-order valence-corrected chi connectivity index (χ2v) is 12.0. The first kappa shape index (κ1) is 30.1. The van der Waals surface area contributed by atoms with Crippen LogP contribution in [-0.4, -0.2) is 63.4 Å². The van der Waals surface area contributed by atoms with Gasteiger partial charge in [-0.2, -0.15) is 0 Å². The normalized spacial score (nSPS) is 31.4. The molecule has 0 aromatic heterocycles. The number of benzene rings is 2. The molecule has 0 amide bonds. The summed E-state index contributed by atoms with van der Waals surface area (Å²) in [6.07, 6.45) is 9.51. The van der Waals surface area contributed by atoms with Gasteiger partial charge in [-0.1, -0.05) is 86.3 Å². The quantitative estimate of drug-likeness (QED) is 0.414. The highest BCUT2D eigenvalue weighted by atomic mass is 16.6. The minimum absolute atomic E-state index is 0.0432. The number of ether oxygens (including phenoxy) is 5. The summed E-state index contributed by atoms with van der Waals surface area (Å²) in [7, 11) is 0. The Morgan fingerprint density at radius 3 is 1.51 bits per heavy atom. The van der Waals surface area contributed by atoms with Crippen LogP contribution in [-0.2, 0) is 44.5 Å². The first-order valence-corrected chi connectivity index (χ1v) is 15.8. The van der Waals surface area contributed by atoms with Crippen molar-refractivity contribution in [1.29, 1.82) is 0 Å². The Morgan fingerprint density at radius 1 is 0.581 bits per heavy atom. The van der Waals surface area contributed by atoms with Gasteiger partial charge in [0.2, 0.25) is 0 Å². The molecule has 6 rings (SSSR count). The van der Waals surface area contributed by atoms with Gasteiger partial charge in [-0.05, 0) is 49.0 Å². The maximum absolute atomic E-state index is 13.7. The van der Waals surface area contributed by atoms with E-state index >= 15 is 0 Å². The number of hydrogen-bond acceptors (Lipinski definition) is 7. The van der Waals surface area contributed by atoms with Crippen LogP contribution in [0.1, 0.15) is 62.5 Å². The van der Waals surface area contributed by atoms with Gasteiger partial charge in [0.05, 0.1) is 51.8 Å². The second kappa shape index (κ2) is 13.8. The molecule has 2 aromatic rings. The lowest BCUT2D eigenvalue weighted by Crippen LogP contribution is -2.48. The SMILES string of the molecule is O=C1C=C2CO[C@@H]3CCCC[C@]3(c3ccccc3)OCCOCCO[C@@]3(c4ccccc4)CCCC[C@H]3OCC(=C1)C2=O. The van der Waals surface area contributed by atoms with Crippen LogP contribution in [0.5, 0.6) is 0 Å². The second-order valence-electron chi connectivity index (χ2n) is 12.0. The molecular weight excluding hydrogens is 544 g/mol. The molecule has 3 aliphatic carbocycles. The van der Waals surface area contributed by atoms with E-state index in [1.54, 1.807) is 0 Å². The standard InChI is InChI=1S/C36H42O7/c37-31-23-27-25-40-32-15-7-9-17-35(32,29-11-3-1-4-12-29)42-21-19-39-20-22-43-36(30-13-5-2-6-14-30)18-10-8-16-33(36)41-26-28(24-31)34(27)38/h1-6,11-14,23-24,32-33H,7-10,15-22,25-26H2/t32-,33-,35-,36-/m1/s1. The lowest BCUT2D eigenvalue weighted by atomic mass is 9.76. The van der Waals surface area contributed by atoms with Crippen LogP contribution in [0.3, 0.4) is 0 Å². The highest BCUT2D eigenvalue weighted by Crippen LogP contribution is 2.44. The molecule has 4 aliphatic rings. The van der Waals surface area contributed by atoms with Crippen LogP contribution in [0.4, 0.5) is 0 Å². The molecule has 1 saturated heterocycles. The summed E-state index contributed by atoms with van der Waals surface area (Å²) >= 11 is 0. The average molecular weight is 587 g/mol. The molecule has 2 aromatic carbocycles. The highest BCUT2D eigenvalue weighted by molar-refractivity contribution is 6.20. The Hall–Kier alpha value is -2.94. The summed E-state index contributed by atoms with van der Waals surface area (Å²) in [5.41, 5.74) is 1.50. The molecule has 228 valence electrons. The number of Topliss-reactive ketones (excluding diaryl/α,β-unsaturated/α-hetero) is 1. The molecule has 0 unspecified atom stereocenters. The average Bonchev–Trinajstić information content (AvgIpc) is 3.05. The van der Waals surface area contributed by atoms with Gasteiger partial charge in [-0.15, -0.1) is 0 Å². The van der Waals surface area contributed by atoms with Crippen molar-refractivity contribution < 1.29 is 33.3 Å². The zero-order chi connectivity index (χ0) is 29.5. The van der Waals surface area contributed by atoms with Gasteiger partial charge in [0.1, 0.15) is 11.2 Å². The summed E-state index contributed by atoms with van der Waals surface area (Å²) < 4.78 is 32.5. The van der Waals surface area contributed by atoms with E-state index in [4.69, 9.17) is 23.7 Å². The molecule has 2 saturated carbocycles. The monoisotopic (exact) mass is 586 g/mol. The molecule has 2 bridgehead atoms. The number of rotatable bonds is 2. The summed E-state index contributed by atoms with van der Waals surface area (Å²) in [6.45, 7) is 1.74. The first-order valence-electron chi connectivity index (χ1n) is 15.8. The van der Waals surface area contributed by atoms with Crippen LogP contribution >= 0.6 is 0 Å². The van der Waals surface area contributed by atoms with Crippen LogP contribution in [0, 0.1) is 0 Å². The zero-order valence-electron chi connectivity index (χ0n) is 24.8. The fraction of sp³-hybridized carbons (Fsp3) is 0.500. The number of carbonyl (C=O) groups is 2. The molecule has 0 N–H and O–H groups in total. The van der Waals surface area contributed by atoms with Crippen molar-refractivity contribution in [2.45, 2.75) is 74.8 Å². The fourth-order valence-corrected chi connectivity index (χ4v) is 7.24. The molecule has 1 heterocycles. The molecule has 3 fully saturated rings. The third kappa shape index (κ3) is 6.47. The van der Waals surface area contributed by atoms with E-state index in [1.807, 2.05) is 36.4 Å². The third-order valence-electron chi connectivity index (χ3n) is 9.36. The van der Waals surface area contributed by atoms with Gasteiger partial charge in [0, 0.05) is 11.1 Å². The predicted molar refractivity (Wildman–Crippen MR) is 162 cm³/mol. The summed E-state index contributed by atoms with van der Waals surface area (Å²) in [6, 6.07) is 20.4. The summed E-state index contributed by atoms with van der Waals surface area (Å²) in [4.78, 5) is 26.5. The van der Waals surface area contributed by atoms with E-state index in [9.17, 15) is 9.59 Å². The summed E-state index contributed by atoms with van der Waals surface area (Å²) in [5.74, 6) is -0.412. The Balaban J connectivity index is 1.29. The summed E-state index contributed by atoms with van der Waals surface area (Å²) in [5, 5.41) is 0. The molecular formula is C36H42O7. The zero-order valence-corrected chi connectivity index (χ0v) is 24.8. The Kier molecular flexibility index (Phi) is 9.65. The largest absolute Gasteiger partial charge is 0.377 e. The van der Waals surface area contributed by atoms with Crippen molar-refractivity contribution in [3.05, 3.63) is 95.1 Å². The smallest absolute Gasteiger partial charge is 0.189 e. The minimum Gasteiger partial charge on any atom is -0.377 e. The molecule has 7 heteroatoms. The number of fused-ring (bicyclic) bond motifs is 4. The Bertz CT molecular complexity index is 1220. The predicted octanol–water partition coefficient (Wildman–Crippen LogP) is 5.76. The lowest BCUT2D eigenvalue weighted by molar-refractivity contribution is -0.186. The maximum Gasteiger partial charge on any atom is 0.189 e. The molecule has 0 radical (unpaired) electrons. The van der Waals surface area contributed by atoms with E-state index < -0.39 is 11.2 Å². The van der Waals surface area contributed by atoms with Gasteiger partial charge in [0.15, 0.2) is 11.6 Å². The number of hydrogen-bond donors (Lipinski definition) is 0. The molecule has 4 atom stereocenters. The van der Waals surface area contributed by atoms with E-state index in [0.717, 1.165) is 62.5 Å². The van der Waals surface area contributed by atoms with Crippen LogP contribution in [0.25, 0.3) is 0 Å². The molecule has 0 spiro atoms. The minimum atomic E-state index is -0.665. The van der Waals surface area contributed by atoms with Crippen molar-refractivity contribution >= 4 is 11.6 Å². The van der Waals surface area contributed by atoms with Gasteiger partial charge in [-0.25, -0.2) is 0 Å². The topological polar surface area (TPSA) is 80.3 Å². The van der Waals surface area contributed by atoms with Crippen molar-refractivity contribution in [2.75, 3.05) is 39.6 Å². The first-order chi connectivity index (χ1) is 21.1. The van der Waals surface area contributed by atoms with E-state index in [-0.39, 0.29) is 37.0 Å². The lowest BCUT2D eigenvalue weighted by Gasteiger charge is -2.45. The third-order valence-corrected chi connectivity index (χ3v) is 9.36. The van der Waals surface area contributed by atoms with E-state index in [0.29, 0.717) is 37.6 Å². The van der Waals surface area contributed by atoms with Gasteiger partial charge < -0.3 is 23.7 Å². The number of carbonyl (C=O) groups excluding carboxylic acids is 2. The number of ketones is 2. The Labute approximate surface area is 254 Å². The van der Waals surface area contributed by atoms with Crippen molar-refractivity contribution in [3.8, 4) is 0 Å². The Morgan fingerprint density at radius 2 is 1.05 bits per heavy atom. The molecule has 43 heavy (non-hydrogen) atoms. The van der Waals surface area contributed by atoms with Crippen molar-refractivity contribution in [3.63, 3.8) is 0 Å². The molecule has 7 nitrogen and oxygen atoms in total. The van der Waals surface area contributed by atoms with Crippen molar-refractivity contribution in [2.24, 2.45) is 0 Å². The highest BCUT2D eigenvalue weighted by Gasteiger charge is 2.46. The van der Waals surface area contributed by atoms with E-state index in [1.165, 1.54) is 12.2 Å². The number of allylic oxidation sites excluding steroid dienone is 2. The van der Waals surface area contributed by atoms with E-state index in [2.05, 4.69) is 24.3 Å². The van der Waals surface area contributed by atoms with Gasteiger partial charge in [-0.3, -0.25) is 9.59 Å². The van der Waals surface area contributed by atoms with Crippen molar-refractivity contribution in [1.82, 2.24) is 0 Å².